The normalized spacial score (nSPS) is 12.3. The second-order valence-electron chi connectivity index (χ2n) is 6.44. The second kappa shape index (κ2) is 5.32. The van der Waals surface area contributed by atoms with Gasteiger partial charge in [0, 0.05) is 29.9 Å². The molecule has 0 amide bonds. The van der Waals surface area contributed by atoms with Crippen molar-refractivity contribution in [1.29, 1.82) is 0 Å². The van der Waals surface area contributed by atoms with Crippen LogP contribution in [0.2, 0.25) is 0 Å². The number of rotatable bonds is 1. The lowest BCUT2D eigenvalue weighted by atomic mass is 10.1. The molecule has 0 saturated heterocycles. The highest BCUT2D eigenvalue weighted by atomic mass is 19.1. The van der Waals surface area contributed by atoms with Gasteiger partial charge in [-0.2, -0.15) is 0 Å². The van der Waals surface area contributed by atoms with Gasteiger partial charge < -0.3 is 4.57 Å². The Hall–Kier alpha value is -3.35. The summed E-state index contributed by atoms with van der Waals surface area (Å²) in [5, 5.41) is 8.43. The zero-order chi connectivity index (χ0) is 17.8. The van der Waals surface area contributed by atoms with E-state index in [0.29, 0.717) is 12.1 Å². The molecule has 0 fully saturated rings. The lowest BCUT2D eigenvalue weighted by Gasteiger charge is -2.10. The standard InChI is InChI=1S/C19H15FN6/c1-11-7-13(5-6-21-11)19-18-9-16-12(2)23-24-26(16)17-8-14(20)3-4-15(17)25(18)10-22-19/h3-8,10H,9H2,1-2H3. The van der Waals surface area contributed by atoms with Crippen molar-refractivity contribution in [3.63, 3.8) is 0 Å². The molecule has 0 unspecified atom stereocenters. The average Bonchev–Trinajstić information content (AvgIpc) is 3.16. The summed E-state index contributed by atoms with van der Waals surface area (Å²) in [7, 11) is 0. The lowest BCUT2D eigenvalue weighted by molar-refractivity contribution is 0.624. The van der Waals surface area contributed by atoms with Crippen LogP contribution in [0.4, 0.5) is 4.39 Å². The summed E-state index contributed by atoms with van der Waals surface area (Å²) in [6, 6.07) is 8.66. The monoisotopic (exact) mass is 346 g/mol. The van der Waals surface area contributed by atoms with Gasteiger partial charge in [-0.15, -0.1) is 5.10 Å². The number of fused-ring (bicyclic) bond motifs is 5. The number of hydrogen-bond donors (Lipinski definition) is 0. The molecule has 1 aliphatic heterocycles. The highest BCUT2D eigenvalue weighted by molar-refractivity contribution is 5.66. The zero-order valence-electron chi connectivity index (χ0n) is 14.3. The highest BCUT2D eigenvalue weighted by Gasteiger charge is 2.25. The summed E-state index contributed by atoms with van der Waals surface area (Å²) in [4.78, 5) is 8.92. The summed E-state index contributed by atoms with van der Waals surface area (Å²) >= 11 is 0. The minimum Gasteiger partial charge on any atom is -0.300 e. The first-order valence-electron chi connectivity index (χ1n) is 8.32. The largest absolute Gasteiger partial charge is 0.300 e. The smallest absolute Gasteiger partial charge is 0.125 e. The van der Waals surface area contributed by atoms with Crippen molar-refractivity contribution in [3.8, 4) is 22.6 Å². The fourth-order valence-electron chi connectivity index (χ4n) is 3.49. The number of imidazole rings is 1. The van der Waals surface area contributed by atoms with E-state index < -0.39 is 0 Å². The Morgan fingerprint density at radius 3 is 2.73 bits per heavy atom. The molecule has 4 aromatic rings. The fraction of sp³-hybridized carbons (Fsp3) is 0.158. The molecule has 26 heavy (non-hydrogen) atoms. The van der Waals surface area contributed by atoms with Crippen LogP contribution < -0.4 is 0 Å². The van der Waals surface area contributed by atoms with Crippen molar-refractivity contribution < 1.29 is 4.39 Å². The summed E-state index contributed by atoms with van der Waals surface area (Å²) in [6.07, 6.45) is 4.17. The topological polar surface area (TPSA) is 61.4 Å². The zero-order valence-corrected chi connectivity index (χ0v) is 14.3. The van der Waals surface area contributed by atoms with E-state index in [1.165, 1.54) is 12.1 Å². The van der Waals surface area contributed by atoms with Gasteiger partial charge in [-0.3, -0.25) is 4.98 Å². The Labute approximate surface area is 149 Å². The van der Waals surface area contributed by atoms with Crippen LogP contribution in [0, 0.1) is 19.7 Å². The summed E-state index contributed by atoms with van der Waals surface area (Å²) in [5.74, 6) is -0.309. The lowest BCUT2D eigenvalue weighted by Crippen LogP contribution is -2.04. The molecule has 1 aromatic carbocycles. The molecule has 0 saturated carbocycles. The Balaban J connectivity index is 1.82. The molecule has 6 nitrogen and oxygen atoms in total. The van der Waals surface area contributed by atoms with Crippen molar-refractivity contribution in [1.82, 2.24) is 29.5 Å². The van der Waals surface area contributed by atoms with E-state index in [0.717, 1.165) is 39.7 Å². The maximum Gasteiger partial charge on any atom is 0.125 e. The Morgan fingerprint density at radius 1 is 1.00 bits per heavy atom. The SMILES string of the molecule is Cc1cc(-c2ncn3c2Cc2c(C)nnn2-c2cc(F)ccc2-3)ccn1. The van der Waals surface area contributed by atoms with E-state index in [1.807, 2.05) is 30.5 Å². The highest BCUT2D eigenvalue weighted by Crippen LogP contribution is 2.33. The van der Waals surface area contributed by atoms with E-state index in [-0.39, 0.29) is 5.82 Å². The number of pyridine rings is 1. The van der Waals surface area contributed by atoms with Gasteiger partial charge >= 0.3 is 0 Å². The van der Waals surface area contributed by atoms with Gasteiger partial charge in [0.2, 0.25) is 0 Å². The predicted octanol–water partition coefficient (Wildman–Crippen LogP) is 3.18. The first kappa shape index (κ1) is 14.9. The summed E-state index contributed by atoms with van der Waals surface area (Å²) < 4.78 is 17.7. The molecular weight excluding hydrogens is 331 g/mol. The molecule has 3 aromatic heterocycles. The maximum atomic E-state index is 13.9. The predicted molar refractivity (Wildman–Crippen MR) is 94.0 cm³/mol. The third-order valence-electron chi connectivity index (χ3n) is 4.75. The van der Waals surface area contributed by atoms with E-state index in [2.05, 4.69) is 20.3 Å². The van der Waals surface area contributed by atoms with E-state index in [4.69, 9.17) is 0 Å². The van der Waals surface area contributed by atoms with E-state index >= 15 is 0 Å². The van der Waals surface area contributed by atoms with Crippen LogP contribution in [0.15, 0.2) is 42.9 Å². The molecule has 0 atom stereocenters. The molecular formula is C19H15FN6. The van der Waals surface area contributed by atoms with Crippen LogP contribution >= 0.6 is 0 Å². The van der Waals surface area contributed by atoms with Crippen LogP contribution in [0.1, 0.15) is 22.8 Å². The second-order valence-corrected chi connectivity index (χ2v) is 6.44. The van der Waals surface area contributed by atoms with Crippen molar-refractivity contribution in [2.75, 3.05) is 0 Å². The van der Waals surface area contributed by atoms with Crippen LogP contribution in [0.5, 0.6) is 0 Å². The molecule has 4 heterocycles. The summed E-state index contributed by atoms with van der Waals surface area (Å²) in [5.41, 5.74) is 7.10. The van der Waals surface area contributed by atoms with Gasteiger partial charge in [0.25, 0.3) is 0 Å². The van der Waals surface area contributed by atoms with Crippen molar-refractivity contribution in [3.05, 3.63) is 71.4 Å². The van der Waals surface area contributed by atoms with Crippen LogP contribution in [0.3, 0.4) is 0 Å². The van der Waals surface area contributed by atoms with Gasteiger partial charge in [0.05, 0.1) is 34.2 Å². The van der Waals surface area contributed by atoms with Crippen LogP contribution in [0.25, 0.3) is 22.6 Å². The minimum absolute atomic E-state index is 0.309. The first-order valence-corrected chi connectivity index (χ1v) is 8.32. The molecule has 0 N–H and O–H groups in total. The third kappa shape index (κ3) is 2.10. The van der Waals surface area contributed by atoms with E-state index in [9.17, 15) is 4.39 Å². The minimum atomic E-state index is -0.309. The van der Waals surface area contributed by atoms with E-state index in [1.54, 1.807) is 23.3 Å². The number of benzene rings is 1. The van der Waals surface area contributed by atoms with Gasteiger partial charge in [-0.05, 0) is 38.1 Å². The van der Waals surface area contributed by atoms with Gasteiger partial charge in [-0.25, -0.2) is 14.1 Å². The van der Waals surface area contributed by atoms with Crippen LogP contribution in [-0.4, -0.2) is 29.5 Å². The molecule has 0 aliphatic carbocycles. The molecule has 7 heteroatoms. The average molecular weight is 346 g/mol. The number of halogens is 1. The fourth-order valence-corrected chi connectivity index (χ4v) is 3.49. The molecule has 128 valence electrons. The van der Waals surface area contributed by atoms with Crippen LogP contribution in [-0.2, 0) is 6.42 Å². The molecule has 1 aliphatic rings. The van der Waals surface area contributed by atoms with Gasteiger partial charge in [-0.1, -0.05) is 5.21 Å². The first-order chi connectivity index (χ1) is 12.6. The number of aromatic nitrogens is 6. The number of hydrogen-bond acceptors (Lipinski definition) is 4. The molecule has 0 spiro atoms. The molecule has 0 radical (unpaired) electrons. The van der Waals surface area contributed by atoms with Gasteiger partial charge in [0.15, 0.2) is 0 Å². The third-order valence-corrected chi connectivity index (χ3v) is 4.75. The van der Waals surface area contributed by atoms with Gasteiger partial charge in [0.1, 0.15) is 12.1 Å². The van der Waals surface area contributed by atoms with Crippen molar-refractivity contribution >= 4 is 0 Å². The quantitative estimate of drug-likeness (QED) is 0.468. The molecule has 0 bridgehead atoms. The van der Waals surface area contributed by atoms with Crippen molar-refractivity contribution in [2.45, 2.75) is 20.3 Å². The molecule has 5 rings (SSSR count). The Morgan fingerprint density at radius 2 is 1.88 bits per heavy atom. The summed E-state index contributed by atoms with van der Waals surface area (Å²) in [6.45, 7) is 3.87. The van der Waals surface area contributed by atoms with Crippen molar-refractivity contribution in [2.24, 2.45) is 0 Å². The Kier molecular flexibility index (Phi) is 3.06. The Bertz CT molecular complexity index is 1160. The number of nitrogens with zero attached hydrogens (tertiary/aromatic N) is 6. The number of aryl methyl sites for hydroxylation is 2. The maximum absolute atomic E-state index is 13.9.